The molecule has 20 heavy (non-hydrogen) atoms. The second-order valence-electron chi connectivity index (χ2n) is 4.09. The number of nitrogens with two attached hydrogens (primary N) is 1. The van der Waals surface area contributed by atoms with Crippen LogP contribution in [0.2, 0.25) is 0 Å². The van der Waals surface area contributed by atoms with E-state index in [1.807, 2.05) is 0 Å². The fourth-order valence-electron chi connectivity index (χ4n) is 1.41. The summed E-state index contributed by atoms with van der Waals surface area (Å²) in [6.45, 7) is 0. The van der Waals surface area contributed by atoms with Crippen molar-refractivity contribution in [2.24, 2.45) is 0 Å². The predicted octanol–water partition coefficient (Wildman–Crippen LogP) is 0.715. The zero-order valence-electron chi connectivity index (χ0n) is 10.6. The number of nitrogens with one attached hydrogen (secondary N) is 1. The molecule has 2 heterocycles. The molecule has 2 rings (SSSR count). The van der Waals surface area contributed by atoms with Crippen LogP contribution in [0.3, 0.4) is 0 Å². The number of nitrogens with zero attached hydrogens (tertiary/aromatic N) is 2. The molecule has 0 aliphatic heterocycles. The molecule has 0 saturated carbocycles. The molecule has 0 fully saturated rings. The highest BCUT2D eigenvalue weighted by Crippen LogP contribution is 2.11. The maximum absolute atomic E-state index is 11.8. The molecule has 1 amide bonds. The van der Waals surface area contributed by atoms with Gasteiger partial charge in [-0.05, 0) is 24.3 Å². The molecule has 104 valence electrons. The topological polar surface area (TPSA) is 115 Å². The Morgan fingerprint density at radius 1 is 1.15 bits per heavy atom. The first-order valence-corrected chi connectivity index (χ1v) is 7.44. The molecule has 0 aliphatic carbocycles. The summed E-state index contributed by atoms with van der Waals surface area (Å²) < 4.78 is 22.5. The van der Waals surface area contributed by atoms with Crippen LogP contribution in [0.5, 0.6) is 0 Å². The Kier molecular flexibility index (Phi) is 3.66. The van der Waals surface area contributed by atoms with Crippen LogP contribution in [0.25, 0.3) is 0 Å². The number of nitrogen functional groups attached to an aromatic ring is 1. The van der Waals surface area contributed by atoms with Crippen molar-refractivity contribution in [3.63, 3.8) is 0 Å². The Bertz CT molecular complexity index is 724. The molecule has 0 radical (unpaired) electrons. The summed E-state index contributed by atoms with van der Waals surface area (Å²) in [5, 5.41) is 2.50. The number of rotatable bonds is 3. The SMILES string of the molecule is CS(=O)(=O)c1ccc(NC(=O)c2ccc(N)cn2)cn1. The van der Waals surface area contributed by atoms with Crippen LogP contribution >= 0.6 is 0 Å². The van der Waals surface area contributed by atoms with E-state index >= 15 is 0 Å². The van der Waals surface area contributed by atoms with Gasteiger partial charge in [0.05, 0.1) is 23.8 Å². The van der Waals surface area contributed by atoms with Gasteiger partial charge in [-0.1, -0.05) is 0 Å². The summed E-state index contributed by atoms with van der Waals surface area (Å²) in [4.78, 5) is 19.5. The Labute approximate surface area is 115 Å². The van der Waals surface area contributed by atoms with Crippen LogP contribution in [0.1, 0.15) is 10.5 Å². The number of pyridine rings is 2. The van der Waals surface area contributed by atoms with Gasteiger partial charge in [-0.25, -0.2) is 18.4 Å². The van der Waals surface area contributed by atoms with Crippen molar-refractivity contribution in [3.05, 3.63) is 42.4 Å². The summed E-state index contributed by atoms with van der Waals surface area (Å²) in [5.74, 6) is -0.432. The van der Waals surface area contributed by atoms with Crippen LogP contribution in [-0.2, 0) is 9.84 Å². The summed E-state index contributed by atoms with van der Waals surface area (Å²) in [5.41, 5.74) is 6.51. The van der Waals surface area contributed by atoms with E-state index in [-0.39, 0.29) is 10.7 Å². The molecule has 8 heteroatoms. The molecule has 0 aromatic carbocycles. The lowest BCUT2D eigenvalue weighted by Gasteiger charge is -2.05. The van der Waals surface area contributed by atoms with Crippen LogP contribution in [0.4, 0.5) is 11.4 Å². The zero-order valence-corrected chi connectivity index (χ0v) is 11.4. The van der Waals surface area contributed by atoms with E-state index < -0.39 is 15.7 Å². The molecular formula is C12H12N4O3S. The third-order valence-electron chi connectivity index (χ3n) is 2.39. The Morgan fingerprint density at radius 2 is 1.90 bits per heavy atom. The van der Waals surface area contributed by atoms with Crippen molar-refractivity contribution in [1.29, 1.82) is 0 Å². The average molecular weight is 292 g/mol. The third-order valence-corrected chi connectivity index (χ3v) is 3.39. The van der Waals surface area contributed by atoms with E-state index in [0.717, 1.165) is 6.26 Å². The van der Waals surface area contributed by atoms with Gasteiger partial charge in [0.2, 0.25) is 0 Å². The highest BCUT2D eigenvalue weighted by molar-refractivity contribution is 7.90. The monoisotopic (exact) mass is 292 g/mol. The fourth-order valence-corrected chi connectivity index (χ4v) is 1.97. The highest BCUT2D eigenvalue weighted by Gasteiger charge is 2.10. The molecule has 7 nitrogen and oxygen atoms in total. The first-order chi connectivity index (χ1) is 9.36. The number of hydrogen-bond acceptors (Lipinski definition) is 6. The van der Waals surface area contributed by atoms with E-state index in [4.69, 9.17) is 5.73 Å². The number of amides is 1. The van der Waals surface area contributed by atoms with E-state index in [2.05, 4.69) is 15.3 Å². The van der Waals surface area contributed by atoms with Gasteiger partial charge >= 0.3 is 0 Å². The number of carbonyl (C=O) groups excluding carboxylic acids is 1. The fraction of sp³-hybridized carbons (Fsp3) is 0.0833. The van der Waals surface area contributed by atoms with Crippen LogP contribution in [0, 0.1) is 0 Å². The van der Waals surface area contributed by atoms with Gasteiger partial charge in [0.15, 0.2) is 14.9 Å². The van der Waals surface area contributed by atoms with E-state index in [0.29, 0.717) is 11.4 Å². The summed E-state index contributed by atoms with van der Waals surface area (Å²) in [6, 6.07) is 5.83. The Balaban J connectivity index is 2.14. The van der Waals surface area contributed by atoms with Crippen molar-refractivity contribution in [3.8, 4) is 0 Å². The maximum Gasteiger partial charge on any atom is 0.274 e. The van der Waals surface area contributed by atoms with Gasteiger partial charge in [-0.3, -0.25) is 4.79 Å². The first kappa shape index (κ1) is 13.9. The standard InChI is InChI=1S/C12H12N4O3S/c1-20(18,19)11-5-3-9(7-15-11)16-12(17)10-4-2-8(13)6-14-10/h2-7H,13H2,1H3,(H,16,17). The minimum absolute atomic E-state index is 0.0545. The van der Waals surface area contributed by atoms with Crippen molar-refractivity contribution in [2.45, 2.75) is 5.03 Å². The second kappa shape index (κ2) is 5.25. The quantitative estimate of drug-likeness (QED) is 0.861. The molecular weight excluding hydrogens is 280 g/mol. The third kappa shape index (κ3) is 3.29. The summed E-state index contributed by atoms with van der Waals surface area (Å²) in [6.07, 6.45) is 3.71. The van der Waals surface area contributed by atoms with Gasteiger partial charge in [0.1, 0.15) is 5.69 Å². The van der Waals surface area contributed by atoms with Crippen molar-refractivity contribution in [2.75, 3.05) is 17.3 Å². The van der Waals surface area contributed by atoms with Crippen molar-refractivity contribution < 1.29 is 13.2 Å². The number of anilines is 2. The molecule has 0 aliphatic rings. The minimum Gasteiger partial charge on any atom is -0.397 e. The van der Waals surface area contributed by atoms with E-state index in [9.17, 15) is 13.2 Å². The minimum atomic E-state index is -3.36. The predicted molar refractivity (Wildman–Crippen MR) is 73.9 cm³/mol. The maximum atomic E-state index is 11.8. The van der Waals surface area contributed by atoms with Crippen LogP contribution in [0.15, 0.2) is 41.7 Å². The molecule has 0 unspecified atom stereocenters. The van der Waals surface area contributed by atoms with Crippen molar-refractivity contribution in [1.82, 2.24) is 9.97 Å². The van der Waals surface area contributed by atoms with Gasteiger partial charge in [-0.15, -0.1) is 0 Å². The molecule has 0 atom stereocenters. The van der Waals surface area contributed by atoms with Gasteiger partial charge in [-0.2, -0.15) is 0 Å². The highest BCUT2D eigenvalue weighted by atomic mass is 32.2. The largest absolute Gasteiger partial charge is 0.397 e. The Hall–Kier alpha value is -2.48. The van der Waals surface area contributed by atoms with Crippen molar-refractivity contribution >= 4 is 27.1 Å². The summed E-state index contributed by atoms with van der Waals surface area (Å²) >= 11 is 0. The lowest BCUT2D eigenvalue weighted by Crippen LogP contribution is -2.14. The lowest BCUT2D eigenvalue weighted by molar-refractivity contribution is 0.102. The van der Waals surface area contributed by atoms with E-state index in [1.54, 1.807) is 6.07 Å². The molecule has 3 N–H and O–H groups in total. The van der Waals surface area contributed by atoms with Crippen LogP contribution in [-0.4, -0.2) is 30.5 Å². The lowest BCUT2D eigenvalue weighted by atomic mass is 10.3. The first-order valence-electron chi connectivity index (χ1n) is 5.55. The number of sulfone groups is 1. The molecule has 0 bridgehead atoms. The van der Waals surface area contributed by atoms with Gasteiger partial charge in [0, 0.05) is 6.26 Å². The number of carbonyl (C=O) groups is 1. The molecule has 0 spiro atoms. The number of hydrogen-bond donors (Lipinski definition) is 2. The molecule has 2 aromatic rings. The molecule has 2 aromatic heterocycles. The van der Waals surface area contributed by atoms with Gasteiger partial charge in [0.25, 0.3) is 5.91 Å². The number of aromatic nitrogens is 2. The zero-order chi connectivity index (χ0) is 14.8. The molecule has 0 saturated heterocycles. The smallest absolute Gasteiger partial charge is 0.274 e. The van der Waals surface area contributed by atoms with Crippen LogP contribution < -0.4 is 11.1 Å². The van der Waals surface area contributed by atoms with E-state index in [1.165, 1.54) is 30.6 Å². The summed E-state index contributed by atoms with van der Waals surface area (Å²) in [7, 11) is -3.36. The Morgan fingerprint density at radius 3 is 2.40 bits per heavy atom. The second-order valence-corrected chi connectivity index (χ2v) is 6.05. The van der Waals surface area contributed by atoms with Gasteiger partial charge < -0.3 is 11.1 Å². The normalized spacial score (nSPS) is 11.1. The average Bonchev–Trinajstić information content (AvgIpc) is 2.39.